The van der Waals surface area contributed by atoms with E-state index in [1.54, 1.807) is 42.6 Å². The Labute approximate surface area is 159 Å². The average Bonchev–Trinajstić information content (AvgIpc) is 2.53. The second-order valence-corrected chi connectivity index (χ2v) is 7.23. The first-order valence-corrected chi connectivity index (χ1v) is 8.18. The number of hydrogen-bond acceptors (Lipinski definition) is 4. The summed E-state index contributed by atoms with van der Waals surface area (Å²) in [5.41, 5.74) is 1.73. The normalized spacial score (nSPS) is 11.4. The highest BCUT2D eigenvalue weighted by atomic mass is 35.6. The first-order chi connectivity index (χ1) is 11.7. The molecule has 1 heterocycles. The van der Waals surface area contributed by atoms with Crippen molar-refractivity contribution in [2.24, 2.45) is 0 Å². The molecule has 8 heteroatoms. The lowest BCUT2D eigenvalue weighted by atomic mass is 10.1. The third-order valence-corrected chi connectivity index (χ3v) is 3.34. The number of anilines is 1. The molecule has 0 saturated carbocycles. The number of carbonyl (C=O) groups excluding carboxylic acids is 2. The second-order valence-electron chi connectivity index (χ2n) is 4.95. The number of esters is 1. The third kappa shape index (κ3) is 6.38. The summed E-state index contributed by atoms with van der Waals surface area (Å²) in [6.45, 7) is 1.42. The average molecular weight is 400 g/mol. The van der Waals surface area contributed by atoms with Gasteiger partial charge in [0, 0.05) is 13.1 Å². The molecule has 2 rings (SSSR count). The highest BCUT2D eigenvalue weighted by Gasteiger charge is 2.33. The molecular weight excluding hydrogens is 387 g/mol. The van der Waals surface area contributed by atoms with Gasteiger partial charge in [-0.2, -0.15) is 0 Å². The minimum atomic E-state index is -2.12. The van der Waals surface area contributed by atoms with Crippen molar-refractivity contribution >= 4 is 64.6 Å². The number of rotatable bonds is 4. The van der Waals surface area contributed by atoms with E-state index in [-0.39, 0.29) is 11.7 Å². The molecule has 5 nitrogen and oxygen atoms in total. The van der Waals surface area contributed by atoms with Crippen LogP contribution >= 0.6 is 34.8 Å². The predicted molar refractivity (Wildman–Crippen MR) is 99.8 cm³/mol. The Morgan fingerprint density at radius 1 is 1.08 bits per heavy atom. The van der Waals surface area contributed by atoms with Crippen molar-refractivity contribution in [3.05, 3.63) is 53.7 Å². The molecule has 0 radical (unpaired) electrons. The van der Waals surface area contributed by atoms with Crippen LogP contribution in [0.25, 0.3) is 12.2 Å². The summed E-state index contributed by atoms with van der Waals surface area (Å²) in [5.74, 6) is -0.411. The fraction of sp³-hybridized carbons (Fsp3) is 0.118. The summed E-state index contributed by atoms with van der Waals surface area (Å²) >= 11 is 16.3. The minimum Gasteiger partial charge on any atom is -0.423 e. The van der Waals surface area contributed by atoms with E-state index in [1.807, 2.05) is 12.2 Å². The highest BCUT2D eigenvalue weighted by molar-refractivity contribution is 6.75. The van der Waals surface area contributed by atoms with Gasteiger partial charge in [0.25, 0.3) is 3.79 Å². The highest BCUT2D eigenvalue weighted by Crippen LogP contribution is 2.28. The predicted octanol–water partition coefficient (Wildman–Crippen LogP) is 4.49. The van der Waals surface area contributed by atoms with Crippen LogP contribution in [-0.2, 0) is 9.59 Å². The molecule has 1 aromatic heterocycles. The summed E-state index contributed by atoms with van der Waals surface area (Å²) in [5, 5.41) is 2.62. The van der Waals surface area contributed by atoms with E-state index in [9.17, 15) is 9.59 Å². The molecule has 1 amide bonds. The molecule has 0 unspecified atom stereocenters. The topological polar surface area (TPSA) is 68.3 Å². The van der Waals surface area contributed by atoms with Crippen molar-refractivity contribution in [1.29, 1.82) is 0 Å². The largest absolute Gasteiger partial charge is 0.423 e. The summed E-state index contributed by atoms with van der Waals surface area (Å²) in [7, 11) is 0. The van der Waals surface area contributed by atoms with Gasteiger partial charge in [-0.05, 0) is 35.4 Å². The minimum absolute atomic E-state index is 0.186. The van der Waals surface area contributed by atoms with Gasteiger partial charge in [0.1, 0.15) is 11.6 Å². The van der Waals surface area contributed by atoms with Gasteiger partial charge in [-0.15, -0.1) is 0 Å². The summed E-state index contributed by atoms with van der Waals surface area (Å²) in [4.78, 5) is 26.6. The van der Waals surface area contributed by atoms with Crippen LogP contribution in [0.2, 0.25) is 0 Å². The Kier molecular flexibility index (Phi) is 6.42. The number of carbonyl (C=O) groups is 2. The summed E-state index contributed by atoms with van der Waals surface area (Å²) < 4.78 is 2.82. The van der Waals surface area contributed by atoms with E-state index in [4.69, 9.17) is 39.5 Å². The number of nitrogens with zero attached hydrogens (tertiary/aromatic N) is 1. The van der Waals surface area contributed by atoms with E-state index in [0.29, 0.717) is 5.82 Å². The molecule has 0 aliphatic carbocycles. The number of benzene rings is 1. The van der Waals surface area contributed by atoms with Crippen LogP contribution in [0.3, 0.4) is 0 Å². The van der Waals surface area contributed by atoms with Crippen LogP contribution in [0, 0.1) is 0 Å². The van der Waals surface area contributed by atoms with Crippen LogP contribution in [-0.4, -0.2) is 20.7 Å². The number of aromatic nitrogens is 1. The molecule has 0 aliphatic rings. The first kappa shape index (κ1) is 19.2. The third-order valence-electron chi connectivity index (χ3n) is 2.88. The molecule has 130 valence electrons. The van der Waals surface area contributed by atoms with Gasteiger partial charge >= 0.3 is 5.97 Å². The number of alkyl halides is 3. The zero-order chi connectivity index (χ0) is 18.4. The Hall–Kier alpha value is -2.08. The van der Waals surface area contributed by atoms with Gasteiger partial charge in [-0.25, -0.2) is 9.78 Å². The maximum absolute atomic E-state index is 11.5. The van der Waals surface area contributed by atoms with Crippen molar-refractivity contribution in [3.63, 3.8) is 0 Å². The standard InChI is InChI=1S/C17H13Cl3N2O3/c1-11(23)22-15-10-13(8-9-21-15)3-2-12-4-6-14(7-5-12)25-16(24)17(18,19)20/h2-10H,1H3,(H,21,22,23)/b3-2+. The lowest BCUT2D eigenvalue weighted by molar-refractivity contribution is -0.133. The molecule has 25 heavy (non-hydrogen) atoms. The van der Waals surface area contributed by atoms with Gasteiger partial charge in [0.05, 0.1) is 0 Å². The van der Waals surface area contributed by atoms with Gasteiger partial charge in [-0.3, -0.25) is 4.79 Å². The molecular formula is C17H13Cl3N2O3. The van der Waals surface area contributed by atoms with E-state index in [1.165, 1.54) is 6.92 Å². The Balaban J connectivity index is 2.05. The molecule has 0 fully saturated rings. The first-order valence-electron chi connectivity index (χ1n) is 7.05. The number of amides is 1. The van der Waals surface area contributed by atoms with Gasteiger partial charge in [-0.1, -0.05) is 59.1 Å². The van der Waals surface area contributed by atoms with Gasteiger partial charge in [0.2, 0.25) is 5.91 Å². The number of halogens is 3. The Morgan fingerprint density at radius 3 is 2.32 bits per heavy atom. The van der Waals surface area contributed by atoms with Crippen LogP contribution < -0.4 is 10.1 Å². The number of hydrogen-bond donors (Lipinski definition) is 1. The molecule has 1 aromatic carbocycles. The molecule has 0 aliphatic heterocycles. The second kappa shape index (κ2) is 8.34. The van der Waals surface area contributed by atoms with Crippen molar-refractivity contribution in [1.82, 2.24) is 4.98 Å². The zero-order valence-corrected chi connectivity index (χ0v) is 15.3. The van der Waals surface area contributed by atoms with Gasteiger partial charge in [0.15, 0.2) is 0 Å². The van der Waals surface area contributed by atoms with Crippen LogP contribution in [0.4, 0.5) is 5.82 Å². The van der Waals surface area contributed by atoms with Crippen LogP contribution in [0.15, 0.2) is 42.6 Å². The monoisotopic (exact) mass is 398 g/mol. The van der Waals surface area contributed by atoms with E-state index < -0.39 is 9.76 Å². The summed E-state index contributed by atoms with van der Waals surface area (Å²) in [6, 6.07) is 10.2. The molecule has 1 N–H and O–H groups in total. The fourth-order valence-electron chi connectivity index (χ4n) is 1.80. The number of ether oxygens (including phenoxy) is 1. The lowest BCUT2D eigenvalue weighted by Gasteiger charge is -2.10. The van der Waals surface area contributed by atoms with Crippen molar-refractivity contribution in [2.75, 3.05) is 5.32 Å². The molecule has 0 atom stereocenters. The molecule has 0 spiro atoms. The van der Waals surface area contributed by atoms with Crippen molar-refractivity contribution in [3.8, 4) is 5.75 Å². The Morgan fingerprint density at radius 2 is 1.72 bits per heavy atom. The van der Waals surface area contributed by atoms with E-state index in [2.05, 4.69) is 10.3 Å². The lowest BCUT2D eigenvalue weighted by Crippen LogP contribution is -2.24. The van der Waals surface area contributed by atoms with E-state index in [0.717, 1.165) is 11.1 Å². The van der Waals surface area contributed by atoms with Crippen LogP contribution in [0.1, 0.15) is 18.1 Å². The SMILES string of the molecule is CC(=O)Nc1cc(/C=C/c2ccc(OC(=O)C(Cl)(Cl)Cl)cc2)ccn1. The number of nitrogens with one attached hydrogen (secondary N) is 1. The molecule has 0 bridgehead atoms. The maximum atomic E-state index is 11.5. The molecule has 0 saturated heterocycles. The van der Waals surface area contributed by atoms with Crippen molar-refractivity contribution in [2.45, 2.75) is 10.7 Å². The zero-order valence-electron chi connectivity index (χ0n) is 13.0. The van der Waals surface area contributed by atoms with Crippen LogP contribution in [0.5, 0.6) is 5.75 Å². The Bertz CT molecular complexity index is 800. The quantitative estimate of drug-likeness (QED) is 0.467. The smallest absolute Gasteiger partial charge is 0.363 e. The van der Waals surface area contributed by atoms with E-state index >= 15 is 0 Å². The number of pyridine rings is 1. The fourth-order valence-corrected chi connectivity index (χ4v) is 1.92. The van der Waals surface area contributed by atoms with Crippen molar-refractivity contribution < 1.29 is 14.3 Å². The molecule has 2 aromatic rings. The van der Waals surface area contributed by atoms with Gasteiger partial charge < -0.3 is 10.1 Å². The maximum Gasteiger partial charge on any atom is 0.363 e. The summed E-state index contributed by atoms with van der Waals surface area (Å²) in [6.07, 6.45) is 5.31.